The molecular weight excluding hydrogens is 300 g/mol. The zero-order valence-electron chi connectivity index (χ0n) is 18.0. The number of unbranched alkanes of at least 4 members (excludes halogenated alkanes) is 7. The van der Waals surface area contributed by atoms with Gasteiger partial charge >= 0.3 is 5.97 Å². The van der Waals surface area contributed by atoms with Gasteiger partial charge in [-0.2, -0.15) is 0 Å². The van der Waals surface area contributed by atoms with Gasteiger partial charge in [0, 0.05) is 13.3 Å². The highest BCUT2D eigenvalue weighted by molar-refractivity contribution is 5.75. The summed E-state index contributed by atoms with van der Waals surface area (Å²) >= 11 is 0. The molecule has 0 amide bonds. The van der Waals surface area contributed by atoms with Crippen LogP contribution in [-0.2, 0) is 14.3 Å². The molecule has 0 bridgehead atoms. The second-order valence-corrected chi connectivity index (χ2v) is 5.27. The number of carbonyl (C=O) groups excluding carboxylic acids is 2. The Morgan fingerprint density at radius 3 is 1.46 bits per heavy atom. The maximum Gasteiger partial charge on any atom is 0.302 e. The number of ether oxygens (including phenoxy) is 1. The Labute approximate surface area is 152 Å². The molecule has 0 radical (unpaired) electrons. The fourth-order valence-electron chi connectivity index (χ4n) is 1.72. The van der Waals surface area contributed by atoms with E-state index in [1.54, 1.807) is 6.92 Å². The van der Waals surface area contributed by atoms with E-state index >= 15 is 0 Å². The third-order valence-electron chi connectivity index (χ3n) is 2.94. The van der Waals surface area contributed by atoms with Crippen LogP contribution in [0, 0.1) is 0 Å². The molecule has 0 aromatic rings. The van der Waals surface area contributed by atoms with Crippen molar-refractivity contribution in [1.82, 2.24) is 0 Å². The molecule has 24 heavy (non-hydrogen) atoms. The van der Waals surface area contributed by atoms with Crippen LogP contribution in [0.2, 0.25) is 0 Å². The molecule has 0 N–H and O–H groups in total. The topological polar surface area (TPSA) is 43.4 Å². The third-order valence-corrected chi connectivity index (χ3v) is 2.94. The molecule has 0 saturated heterocycles. The van der Waals surface area contributed by atoms with Crippen molar-refractivity contribution in [3.8, 4) is 0 Å². The number of Topliss-reactive ketones (excluding diaryl/α,β-unsaturated/α-hetero) is 1. The molecule has 0 heterocycles. The van der Waals surface area contributed by atoms with E-state index in [-0.39, 0.29) is 5.97 Å². The third kappa shape index (κ3) is 49.7. The molecule has 3 nitrogen and oxygen atoms in total. The Hall–Kier alpha value is -0.860. The van der Waals surface area contributed by atoms with Crippen LogP contribution < -0.4 is 0 Å². The fraction of sp³-hybridized carbons (Fsp3) is 0.905. The van der Waals surface area contributed by atoms with Gasteiger partial charge in [0.05, 0.1) is 6.61 Å². The number of esters is 1. The summed E-state index contributed by atoms with van der Waals surface area (Å²) in [7, 11) is 0. The van der Waals surface area contributed by atoms with Crippen molar-refractivity contribution in [3.05, 3.63) is 0 Å². The van der Waals surface area contributed by atoms with Gasteiger partial charge in [-0.15, -0.1) is 0 Å². The van der Waals surface area contributed by atoms with Gasteiger partial charge in [0.15, 0.2) is 0 Å². The summed E-state index contributed by atoms with van der Waals surface area (Å²) in [5, 5.41) is 0. The van der Waals surface area contributed by atoms with Crippen molar-refractivity contribution in [3.63, 3.8) is 0 Å². The molecule has 0 unspecified atom stereocenters. The first-order valence-corrected chi connectivity index (χ1v) is 10.2. The predicted molar refractivity (Wildman–Crippen MR) is 108 cm³/mol. The summed E-state index contributed by atoms with van der Waals surface area (Å²) in [5.74, 6) is 0.160. The standard InChI is InChI=1S/C9H18O.C8H16O2.2C2H6/c1-3-4-5-6-7-8-9(2)10;1-3-4-5-6-7-10-8(2)9;2*1-2/h3-8H2,1-2H3;3-7H2,1-2H3;2*1-2H3. The SMILES string of the molecule is CC.CC.CCCCCCCC(C)=O.CCCCCCOC(C)=O. The molecule has 0 rings (SSSR count). The Morgan fingerprint density at radius 2 is 1.08 bits per heavy atom. The molecule has 0 aromatic carbocycles. The minimum Gasteiger partial charge on any atom is -0.466 e. The van der Waals surface area contributed by atoms with E-state index < -0.39 is 0 Å². The molecule has 0 aliphatic heterocycles. The van der Waals surface area contributed by atoms with E-state index in [0.717, 1.165) is 19.3 Å². The van der Waals surface area contributed by atoms with Crippen LogP contribution in [0.1, 0.15) is 120 Å². The van der Waals surface area contributed by atoms with E-state index in [0.29, 0.717) is 12.4 Å². The van der Waals surface area contributed by atoms with Gasteiger partial charge in [-0.1, -0.05) is 86.5 Å². The molecule has 0 atom stereocenters. The first-order valence-electron chi connectivity index (χ1n) is 10.2. The predicted octanol–water partition coefficient (Wildman–Crippen LogP) is 7.12. The van der Waals surface area contributed by atoms with E-state index in [1.807, 2.05) is 27.7 Å². The van der Waals surface area contributed by atoms with Gasteiger partial charge in [-0.05, 0) is 19.8 Å². The summed E-state index contributed by atoms with van der Waals surface area (Å²) in [6.07, 6.45) is 11.6. The molecule has 0 spiro atoms. The highest BCUT2D eigenvalue weighted by Gasteiger charge is 1.92. The van der Waals surface area contributed by atoms with E-state index in [1.165, 1.54) is 51.9 Å². The van der Waals surface area contributed by atoms with Crippen LogP contribution in [0.3, 0.4) is 0 Å². The maximum absolute atomic E-state index is 10.5. The van der Waals surface area contributed by atoms with Crippen LogP contribution in [0.15, 0.2) is 0 Å². The number of rotatable bonds is 11. The van der Waals surface area contributed by atoms with Crippen LogP contribution >= 0.6 is 0 Å². The summed E-state index contributed by atoms with van der Waals surface area (Å²) in [6, 6.07) is 0. The first-order chi connectivity index (χ1) is 11.5. The smallest absolute Gasteiger partial charge is 0.302 e. The normalized spacial score (nSPS) is 8.50. The van der Waals surface area contributed by atoms with Crippen molar-refractivity contribution in [1.29, 1.82) is 0 Å². The van der Waals surface area contributed by atoms with Crippen molar-refractivity contribution < 1.29 is 14.3 Å². The lowest BCUT2D eigenvalue weighted by molar-refractivity contribution is -0.141. The van der Waals surface area contributed by atoms with Gasteiger partial charge in [-0.3, -0.25) is 4.79 Å². The monoisotopic (exact) mass is 346 g/mol. The van der Waals surface area contributed by atoms with E-state index in [2.05, 4.69) is 13.8 Å². The summed E-state index contributed by atoms with van der Waals surface area (Å²) in [5.41, 5.74) is 0. The summed E-state index contributed by atoms with van der Waals surface area (Å²) < 4.78 is 4.75. The largest absolute Gasteiger partial charge is 0.466 e. The fourth-order valence-corrected chi connectivity index (χ4v) is 1.72. The highest BCUT2D eigenvalue weighted by atomic mass is 16.5. The average Bonchev–Trinajstić information content (AvgIpc) is 2.58. The van der Waals surface area contributed by atoms with Crippen LogP contribution in [0.5, 0.6) is 0 Å². The Bertz CT molecular complexity index is 201. The molecule has 0 aromatic heterocycles. The van der Waals surface area contributed by atoms with Crippen LogP contribution in [0.4, 0.5) is 0 Å². The Kier molecular flexibility index (Phi) is 43.4. The van der Waals surface area contributed by atoms with E-state index in [4.69, 9.17) is 4.74 Å². The van der Waals surface area contributed by atoms with Crippen molar-refractivity contribution in [2.45, 2.75) is 120 Å². The van der Waals surface area contributed by atoms with E-state index in [9.17, 15) is 9.59 Å². The molecule has 148 valence electrons. The minimum atomic E-state index is -0.170. The summed E-state index contributed by atoms with van der Waals surface area (Å²) in [4.78, 5) is 20.7. The Balaban J connectivity index is -0.000000138. The van der Waals surface area contributed by atoms with Gasteiger partial charge in [0.1, 0.15) is 5.78 Å². The quantitative estimate of drug-likeness (QED) is 0.295. The second-order valence-electron chi connectivity index (χ2n) is 5.27. The van der Waals surface area contributed by atoms with Crippen molar-refractivity contribution >= 4 is 11.8 Å². The highest BCUT2D eigenvalue weighted by Crippen LogP contribution is 2.04. The van der Waals surface area contributed by atoms with Gasteiger partial charge < -0.3 is 9.53 Å². The van der Waals surface area contributed by atoms with Crippen LogP contribution in [0.25, 0.3) is 0 Å². The molecule has 0 saturated carbocycles. The Morgan fingerprint density at radius 1 is 0.667 bits per heavy atom. The number of ketones is 1. The van der Waals surface area contributed by atoms with Gasteiger partial charge in [0.2, 0.25) is 0 Å². The van der Waals surface area contributed by atoms with Gasteiger partial charge in [0.25, 0.3) is 0 Å². The average molecular weight is 347 g/mol. The second kappa shape index (κ2) is 33.7. The number of hydrogen-bond donors (Lipinski definition) is 0. The van der Waals surface area contributed by atoms with Gasteiger partial charge in [-0.25, -0.2) is 0 Å². The maximum atomic E-state index is 10.5. The molecule has 0 aliphatic carbocycles. The molecule has 0 aliphatic rings. The zero-order valence-corrected chi connectivity index (χ0v) is 18.0. The first kappa shape index (κ1) is 31.0. The lowest BCUT2D eigenvalue weighted by Crippen LogP contribution is -1.99. The summed E-state index contributed by atoms with van der Waals surface area (Å²) in [6.45, 7) is 16.1. The lowest BCUT2D eigenvalue weighted by Gasteiger charge is -1.99. The lowest BCUT2D eigenvalue weighted by atomic mass is 10.1. The molecule has 0 fully saturated rings. The van der Waals surface area contributed by atoms with Crippen LogP contribution in [-0.4, -0.2) is 18.4 Å². The molecular formula is C21H46O3. The number of carbonyl (C=O) groups is 2. The zero-order chi connectivity index (χ0) is 19.6. The van der Waals surface area contributed by atoms with Crippen molar-refractivity contribution in [2.75, 3.05) is 6.61 Å². The minimum absolute atomic E-state index is 0.170. The number of hydrogen-bond acceptors (Lipinski definition) is 3. The van der Waals surface area contributed by atoms with Crippen molar-refractivity contribution in [2.24, 2.45) is 0 Å². The molecule has 3 heteroatoms.